The summed E-state index contributed by atoms with van der Waals surface area (Å²) < 4.78 is 18.3. The van der Waals surface area contributed by atoms with Crippen molar-refractivity contribution in [1.29, 1.82) is 0 Å². The van der Waals surface area contributed by atoms with Gasteiger partial charge in [0.2, 0.25) is 5.91 Å². The Morgan fingerprint density at radius 1 is 1.13 bits per heavy atom. The highest BCUT2D eigenvalue weighted by molar-refractivity contribution is 7.08. The molecular formula is C29H34FN5O3S. The second-order valence-electron chi connectivity index (χ2n) is 10.8. The van der Waals surface area contributed by atoms with Crippen LogP contribution in [-0.2, 0) is 15.1 Å². The number of thiophene rings is 1. The number of anilines is 1. The second kappa shape index (κ2) is 11.4. The Bertz CT molecular complexity index is 1300. The Hall–Kier alpha value is -3.37. The molecule has 2 saturated carbocycles. The number of rotatable bonds is 7. The van der Waals surface area contributed by atoms with E-state index >= 15 is 0 Å². The number of methoxy groups -OCH3 is 1. The average Bonchev–Trinajstić information content (AvgIpc) is 3.47. The number of amides is 2. The number of aromatic nitrogens is 2. The lowest BCUT2D eigenvalue weighted by Gasteiger charge is -2.41. The normalized spacial score (nSPS) is 24.5. The number of benzene rings is 1. The van der Waals surface area contributed by atoms with Gasteiger partial charge >= 0.3 is 6.09 Å². The SMILES string of the molecule is COC(=O)N(C)C1CCC(CC(=O)Nc2cc(-c3ccsc3)c(-c3ccc(C4(N)CC(F)C4)cc3)nn2)CC1. The van der Waals surface area contributed by atoms with Crippen LogP contribution in [0.3, 0.4) is 0 Å². The highest BCUT2D eigenvalue weighted by Gasteiger charge is 2.42. The molecule has 8 nitrogen and oxygen atoms in total. The fourth-order valence-corrected chi connectivity index (χ4v) is 6.37. The smallest absolute Gasteiger partial charge is 0.409 e. The summed E-state index contributed by atoms with van der Waals surface area (Å²) in [5.74, 6) is 0.566. The molecule has 0 radical (unpaired) electrons. The fraction of sp³-hybridized carbons (Fsp3) is 0.448. The number of alkyl halides is 1. The second-order valence-corrected chi connectivity index (χ2v) is 11.5. The summed E-state index contributed by atoms with van der Waals surface area (Å²) in [4.78, 5) is 26.3. The molecule has 2 heterocycles. The van der Waals surface area contributed by atoms with Crippen molar-refractivity contribution in [3.05, 3.63) is 52.7 Å². The molecule has 5 rings (SSSR count). The standard InChI is InChI=1S/C29H34FN5O3S/c1-35(28(37)38-2)23-9-3-18(4-10-23)13-26(36)32-25-14-24(20-11-12-39-17-20)27(34-33-25)19-5-7-21(8-6-19)29(31)15-22(30)16-29/h5-8,11-12,14,17-18,22-23H,3-4,9-10,13,15-16,31H2,1-2H3,(H,32,33,36). The monoisotopic (exact) mass is 551 g/mol. The molecule has 2 fully saturated rings. The van der Waals surface area contributed by atoms with Crippen molar-refractivity contribution in [3.63, 3.8) is 0 Å². The quantitative estimate of drug-likeness (QED) is 0.387. The van der Waals surface area contributed by atoms with Crippen molar-refractivity contribution >= 4 is 29.2 Å². The number of hydrogen-bond acceptors (Lipinski definition) is 7. The van der Waals surface area contributed by atoms with E-state index in [9.17, 15) is 14.0 Å². The van der Waals surface area contributed by atoms with Gasteiger partial charge in [0, 0.05) is 49.0 Å². The van der Waals surface area contributed by atoms with Crippen LogP contribution in [0, 0.1) is 5.92 Å². The molecule has 3 N–H and O–H groups in total. The molecule has 0 aliphatic heterocycles. The lowest BCUT2D eigenvalue weighted by Crippen LogP contribution is -2.50. The molecule has 1 aromatic carbocycles. The van der Waals surface area contributed by atoms with E-state index < -0.39 is 11.7 Å². The Balaban J connectivity index is 1.26. The molecule has 0 saturated heterocycles. The molecule has 0 spiro atoms. The number of nitrogens with one attached hydrogen (secondary N) is 1. The zero-order valence-electron chi connectivity index (χ0n) is 22.2. The molecule has 2 aliphatic carbocycles. The number of ether oxygens (including phenoxy) is 1. The maximum Gasteiger partial charge on any atom is 0.409 e. The first-order valence-corrected chi connectivity index (χ1v) is 14.2. The van der Waals surface area contributed by atoms with Crippen molar-refractivity contribution < 1.29 is 18.7 Å². The summed E-state index contributed by atoms with van der Waals surface area (Å²) in [6, 6.07) is 11.8. The van der Waals surface area contributed by atoms with Crippen LogP contribution in [0.5, 0.6) is 0 Å². The van der Waals surface area contributed by atoms with Gasteiger partial charge in [0.15, 0.2) is 5.82 Å². The number of nitrogens with two attached hydrogens (primary N) is 1. The van der Waals surface area contributed by atoms with E-state index in [0.29, 0.717) is 30.8 Å². The molecule has 2 aromatic heterocycles. The number of carbonyl (C=O) groups excluding carboxylic acids is 2. The lowest BCUT2D eigenvalue weighted by atomic mass is 9.71. The van der Waals surface area contributed by atoms with Gasteiger partial charge in [-0.15, -0.1) is 10.2 Å². The van der Waals surface area contributed by atoms with Gasteiger partial charge in [-0.1, -0.05) is 24.3 Å². The van der Waals surface area contributed by atoms with E-state index in [-0.39, 0.29) is 24.0 Å². The predicted molar refractivity (Wildman–Crippen MR) is 150 cm³/mol. The van der Waals surface area contributed by atoms with E-state index in [0.717, 1.165) is 47.9 Å². The van der Waals surface area contributed by atoms with Crippen LogP contribution in [0.15, 0.2) is 47.2 Å². The largest absolute Gasteiger partial charge is 0.453 e. The van der Waals surface area contributed by atoms with Gasteiger partial charge in [-0.2, -0.15) is 11.3 Å². The first-order chi connectivity index (χ1) is 18.8. The topological polar surface area (TPSA) is 110 Å². The van der Waals surface area contributed by atoms with Crippen LogP contribution >= 0.6 is 11.3 Å². The summed E-state index contributed by atoms with van der Waals surface area (Å²) in [6.07, 6.45) is 3.35. The Labute approximate surface area is 231 Å². The number of nitrogens with zero attached hydrogens (tertiary/aromatic N) is 3. The third-order valence-electron chi connectivity index (χ3n) is 8.10. The molecule has 10 heteroatoms. The number of hydrogen-bond donors (Lipinski definition) is 2. The minimum atomic E-state index is -0.836. The number of carbonyl (C=O) groups is 2. The van der Waals surface area contributed by atoms with Gasteiger partial charge in [0.25, 0.3) is 0 Å². The lowest BCUT2D eigenvalue weighted by molar-refractivity contribution is -0.117. The first-order valence-electron chi connectivity index (χ1n) is 13.3. The Morgan fingerprint density at radius 3 is 2.46 bits per heavy atom. The van der Waals surface area contributed by atoms with E-state index in [1.54, 1.807) is 23.3 Å². The molecule has 3 aromatic rings. The van der Waals surface area contributed by atoms with E-state index in [1.165, 1.54) is 7.11 Å². The average molecular weight is 552 g/mol. The summed E-state index contributed by atoms with van der Waals surface area (Å²) in [5.41, 5.74) is 10.1. The predicted octanol–water partition coefficient (Wildman–Crippen LogP) is 5.74. The maximum atomic E-state index is 13.5. The highest BCUT2D eigenvalue weighted by atomic mass is 32.1. The van der Waals surface area contributed by atoms with Crippen molar-refractivity contribution in [2.45, 2.75) is 62.7 Å². The van der Waals surface area contributed by atoms with Crippen LogP contribution in [0.4, 0.5) is 15.0 Å². The summed E-state index contributed by atoms with van der Waals surface area (Å²) in [6.45, 7) is 0. The molecule has 39 heavy (non-hydrogen) atoms. The van der Waals surface area contributed by atoms with Crippen LogP contribution < -0.4 is 11.1 Å². The van der Waals surface area contributed by atoms with Crippen molar-refractivity contribution in [3.8, 4) is 22.4 Å². The summed E-state index contributed by atoms with van der Waals surface area (Å²) >= 11 is 1.58. The third-order valence-corrected chi connectivity index (χ3v) is 8.78. The first kappa shape index (κ1) is 27.2. The van der Waals surface area contributed by atoms with E-state index in [2.05, 4.69) is 15.5 Å². The van der Waals surface area contributed by atoms with Gasteiger partial charge in [-0.3, -0.25) is 4.79 Å². The Morgan fingerprint density at radius 2 is 1.85 bits per heavy atom. The van der Waals surface area contributed by atoms with Gasteiger partial charge in [-0.25, -0.2) is 9.18 Å². The fourth-order valence-electron chi connectivity index (χ4n) is 5.72. The zero-order valence-corrected chi connectivity index (χ0v) is 23.0. The van der Waals surface area contributed by atoms with E-state index in [4.69, 9.17) is 10.5 Å². The van der Waals surface area contributed by atoms with Crippen LogP contribution in [0.25, 0.3) is 22.4 Å². The van der Waals surface area contributed by atoms with Crippen LogP contribution in [0.1, 0.15) is 50.5 Å². The molecule has 0 unspecified atom stereocenters. The molecule has 2 amide bonds. The minimum Gasteiger partial charge on any atom is -0.453 e. The van der Waals surface area contributed by atoms with Crippen LogP contribution in [-0.4, -0.2) is 53.5 Å². The Kier molecular flexibility index (Phi) is 7.95. The highest BCUT2D eigenvalue weighted by Crippen LogP contribution is 2.42. The number of halogens is 1. The molecule has 0 atom stereocenters. The van der Waals surface area contributed by atoms with Gasteiger partial charge in [0.05, 0.1) is 7.11 Å². The summed E-state index contributed by atoms with van der Waals surface area (Å²) in [7, 11) is 3.15. The summed E-state index contributed by atoms with van der Waals surface area (Å²) in [5, 5.41) is 15.8. The maximum absolute atomic E-state index is 13.5. The molecular weight excluding hydrogens is 517 g/mol. The molecule has 0 bridgehead atoms. The third kappa shape index (κ3) is 5.96. The zero-order chi connectivity index (χ0) is 27.6. The van der Waals surface area contributed by atoms with Crippen molar-refractivity contribution in [2.75, 3.05) is 19.5 Å². The van der Waals surface area contributed by atoms with Crippen LogP contribution in [0.2, 0.25) is 0 Å². The van der Waals surface area contributed by atoms with E-state index in [1.807, 2.05) is 47.2 Å². The molecule has 206 valence electrons. The minimum absolute atomic E-state index is 0.0950. The van der Waals surface area contributed by atoms with Crippen molar-refractivity contribution in [2.24, 2.45) is 11.7 Å². The van der Waals surface area contributed by atoms with Gasteiger partial charge < -0.3 is 20.7 Å². The molecule has 2 aliphatic rings. The van der Waals surface area contributed by atoms with Crippen molar-refractivity contribution in [1.82, 2.24) is 15.1 Å². The van der Waals surface area contributed by atoms with Gasteiger partial charge in [0.1, 0.15) is 11.9 Å². The van der Waals surface area contributed by atoms with Gasteiger partial charge in [-0.05, 0) is 65.6 Å².